The molecule has 3 aliphatic heterocycles. The number of amides is 2. The number of nitrogens with zero attached hydrogens (tertiary/aromatic N) is 1. The lowest BCUT2D eigenvalue weighted by atomic mass is 9.98. The molecule has 2 fully saturated rings. The van der Waals surface area contributed by atoms with E-state index in [1.54, 1.807) is 0 Å². The summed E-state index contributed by atoms with van der Waals surface area (Å²) in [7, 11) is 0. The molecule has 3 N–H and O–H groups in total. The van der Waals surface area contributed by atoms with Crippen LogP contribution in [0.25, 0.3) is 0 Å². The number of fused-ring (bicyclic) bond motifs is 1. The van der Waals surface area contributed by atoms with Crippen LogP contribution >= 0.6 is 11.8 Å². The number of carboxylic acid groups (broad SMARTS) is 1. The number of hydrogen-bond donors (Lipinski definition) is 3. The maximum atomic E-state index is 11.8. The van der Waals surface area contributed by atoms with Crippen LogP contribution in [0.2, 0.25) is 0 Å². The lowest BCUT2D eigenvalue weighted by Crippen LogP contribution is -2.58. The van der Waals surface area contributed by atoms with Crippen molar-refractivity contribution >= 4 is 29.5 Å². The van der Waals surface area contributed by atoms with Crippen molar-refractivity contribution in [3.8, 4) is 0 Å². The van der Waals surface area contributed by atoms with Crippen molar-refractivity contribution in [2.45, 2.75) is 30.7 Å². The molecule has 3 aliphatic rings. The quantitative estimate of drug-likeness (QED) is 0.603. The monoisotopic (exact) mass is 298 g/mol. The molecule has 7 nitrogen and oxygen atoms in total. The fourth-order valence-corrected chi connectivity index (χ4v) is 4.39. The van der Waals surface area contributed by atoms with Crippen LogP contribution in [0.1, 0.15) is 19.3 Å². The number of rotatable bonds is 4. The topological polar surface area (TPSA) is 107 Å². The largest absolute Gasteiger partial charge is 0.477 e. The Morgan fingerprint density at radius 1 is 1.45 bits per heavy atom. The van der Waals surface area contributed by atoms with Crippen LogP contribution in [0.3, 0.4) is 0 Å². The summed E-state index contributed by atoms with van der Waals surface area (Å²) in [6.45, 7) is -0.270. The summed E-state index contributed by atoms with van der Waals surface area (Å²) in [6.07, 6.45) is 1.56. The highest BCUT2D eigenvalue weighted by Crippen LogP contribution is 2.50. The van der Waals surface area contributed by atoms with Crippen LogP contribution in [0.15, 0.2) is 10.6 Å². The Balaban J connectivity index is 1.80. The molecular weight excluding hydrogens is 284 g/mol. The summed E-state index contributed by atoms with van der Waals surface area (Å²) in [5.41, 5.74) is 0.0100. The third kappa shape index (κ3) is 1.90. The molecule has 0 radical (unpaired) electrons. The number of hydrogen-bond acceptors (Lipinski definition) is 5. The minimum absolute atomic E-state index is 0.0100. The molecule has 0 unspecified atom stereocenters. The van der Waals surface area contributed by atoms with Crippen LogP contribution in [0, 0.1) is 5.92 Å². The van der Waals surface area contributed by atoms with Gasteiger partial charge in [-0.25, -0.2) is 4.79 Å². The molecule has 3 rings (SSSR count). The van der Waals surface area contributed by atoms with E-state index in [4.69, 9.17) is 5.11 Å². The van der Waals surface area contributed by atoms with Crippen molar-refractivity contribution < 1.29 is 24.6 Å². The zero-order chi connectivity index (χ0) is 14.4. The number of aliphatic hydroxyl groups excluding tert-OH is 1. The van der Waals surface area contributed by atoms with Gasteiger partial charge in [0.05, 0.1) is 12.5 Å². The molecule has 108 valence electrons. The number of carbonyl (C=O) groups excluding carboxylic acids is 2. The van der Waals surface area contributed by atoms with E-state index in [9.17, 15) is 19.5 Å². The van der Waals surface area contributed by atoms with Crippen molar-refractivity contribution in [1.82, 2.24) is 10.2 Å². The summed E-state index contributed by atoms with van der Waals surface area (Å²) in [4.78, 5) is 36.2. The van der Waals surface area contributed by atoms with Gasteiger partial charge in [0.2, 0.25) is 11.8 Å². The van der Waals surface area contributed by atoms with Gasteiger partial charge in [-0.1, -0.05) is 0 Å². The highest BCUT2D eigenvalue weighted by Gasteiger charge is 2.55. The Kier molecular flexibility index (Phi) is 3.21. The summed E-state index contributed by atoms with van der Waals surface area (Å²) in [5, 5.41) is 20.9. The highest BCUT2D eigenvalue weighted by molar-refractivity contribution is 8.04. The van der Waals surface area contributed by atoms with Gasteiger partial charge in [0.15, 0.2) is 0 Å². The number of nitrogens with one attached hydrogen (secondary N) is 1. The van der Waals surface area contributed by atoms with Crippen molar-refractivity contribution in [2.24, 2.45) is 5.92 Å². The molecule has 0 aliphatic carbocycles. The standard InChI is InChI=1S/C12H14N2O5S/c15-4-6-10(17)14-9(12(18)19)7(20-11(6)14)3-5-1-2-8(16)13-5/h5-6,11,15H,1-4H2,(H,13,16)(H,18,19)/t5-,6-,11+/m0/s1. The van der Waals surface area contributed by atoms with E-state index in [0.29, 0.717) is 24.2 Å². The van der Waals surface area contributed by atoms with Gasteiger partial charge in [0.25, 0.3) is 0 Å². The van der Waals surface area contributed by atoms with Gasteiger partial charge in [0, 0.05) is 23.8 Å². The van der Waals surface area contributed by atoms with Gasteiger partial charge in [0.1, 0.15) is 11.1 Å². The first-order valence-electron chi connectivity index (χ1n) is 6.39. The van der Waals surface area contributed by atoms with Crippen LogP contribution in [0.4, 0.5) is 0 Å². The maximum Gasteiger partial charge on any atom is 0.353 e. The second-order valence-corrected chi connectivity index (χ2v) is 6.30. The fraction of sp³-hybridized carbons (Fsp3) is 0.583. The predicted molar refractivity (Wildman–Crippen MR) is 69.2 cm³/mol. The maximum absolute atomic E-state index is 11.8. The Morgan fingerprint density at radius 3 is 2.75 bits per heavy atom. The summed E-state index contributed by atoms with van der Waals surface area (Å²) in [6, 6.07) is -0.0688. The van der Waals surface area contributed by atoms with Crippen LogP contribution < -0.4 is 5.32 Å². The molecule has 2 saturated heterocycles. The fourth-order valence-electron chi connectivity index (χ4n) is 2.82. The minimum Gasteiger partial charge on any atom is -0.477 e. The van der Waals surface area contributed by atoms with E-state index in [2.05, 4.69) is 5.32 Å². The molecular formula is C12H14N2O5S. The van der Waals surface area contributed by atoms with Gasteiger partial charge in [-0.05, 0) is 6.42 Å². The average molecular weight is 298 g/mol. The van der Waals surface area contributed by atoms with Gasteiger partial charge < -0.3 is 15.5 Å². The number of carbonyl (C=O) groups is 3. The van der Waals surface area contributed by atoms with Gasteiger partial charge >= 0.3 is 5.97 Å². The first-order valence-corrected chi connectivity index (χ1v) is 7.27. The molecule has 20 heavy (non-hydrogen) atoms. The number of carboxylic acids is 1. The Labute approximate surface area is 119 Å². The van der Waals surface area contributed by atoms with Crippen LogP contribution in [0.5, 0.6) is 0 Å². The second-order valence-electron chi connectivity index (χ2n) is 5.09. The van der Waals surface area contributed by atoms with E-state index in [1.807, 2.05) is 0 Å². The molecule has 0 aromatic carbocycles. The lowest BCUT2D eigenvalue weighted by Gasteiger charge is -2.41. The zero-order valence-corrected chi connectivity index (χ0v) is 11.4. The van der Waals surface area contributed by atoms with Crippen LogP contribution in [-0.4, -0.2) is 50.9 Å². The summed E-state index contributed by atoms with van der Waals surface area (Å²) in [5.74, 6) is -2.02. The molecule has 2 amide bonds. The Morgan fingerprint density at radius 2 is 2.20 bits per heavy atom. The first-order chi connectivity index (χ1) is 9.52. The average Bonchev–Trinajstić information content (AvgIpc) is 2.93. The SMILES string of the molecule is O=C1CC[C@@H](CC2=C(C(=O)O)N3C(=O)[C@H](CO)[C@H]3S2)N1. The highest BCUT2D eigenvalue weighted by atomic mass is 32.2. The van der Waals surface area contributed by atoms with Crippen molar-refractivity contribution in [3.05, 3.63) is 10.6 Å². The Hall–Kier alpha value is -1.54. The molecule has 0 bridgehead atoms. The van der Waals surface area contributed by atoms with Crippen molar-refractivity contribution in [1.29, 1.82) is 0 Å². The molecule has 0 aromatic rings. The minimum atomic E-state index is -1.14. The second kappa shape index (κ2) is 4.78. The lowest BCUT2D eigenvalue weighted by molar-refractivity contribution is -0.153. The molecule has 8 heteroatoms. The molecule has 3 heterocycles. The smallest absolute Gasteiger partial charge is 0.353 e. The van der Waals surface area contributed by atoms with Crippen molar-refractivity contribution in [3.63, 3.8) is 0 Å². The Bertz CT molecular complexity index is 532. The number of aliphatic carboxylic acids is 1. The van der Waals surface area contributed by atoms with E-state index in [1.165, 1.54) is 16.7 Å². The third-order valence-electron chi connectivity index (χ3n) is 3.84. The zero-order valence-electron chi connectivity index (χ0n) is 10.5. The summed E-state index contributed by atoms with van der Waals surface area (Å²) < 4.78 is 0. The van der Waals surface area contributed by atoms with Gasteiger partial charge in [-0.3, -0.25) is 14.5 Å². The molecule has 0 spiro atoms. The van der Waals surface area contributed by atoms with E-state index < -0.39 is 11.9 Å². The number of thioether (sulfide) groups is 1. The third-order valence-corrected chi connectivity index (χ3v) is 5.26. The van der Waals surface area contributed by atoms with Crippen molar-refractivity contribution in [2.75, 3.05) is 6.61 Å². The molecule has 0 saturated carbocycles. The predicted octanol–water partition coefficient (Wildman–Crippen LogP) is -0.525. The summed E-state index contributed by atoms with van der Waals surface area (Å²) >= 11 is 1.31. The first kappa shape index (κ1) is 13.4. The normalized spacial score (nSPS) is 32.2. The molecule has 0 aromatic heterocycles. The van der Waals surface area contributed by atoms with E-state index in [-0.39, 0.29) is 35.5 Å². The van der Waals surface area contributed by atoms with Gasteiger partial charge in [-0.2, -0.15) is 0 Å². The van der Waals surface area contributed by atoms with Gasteiger partial charge in [-0.15, -0.1) is 11.8 Å². The van der Waals surface area contributed by atoms with E-state index in [0.717, 1.165) is 0 Å². The molecule has 3 atom stereocenters. The van der Waals surface area contributed by atoms with E-state index >= 15 is 0 Å². The number of β-lactam (4-membered cyclic amide) rings is 1. The van der Waals surface area contributed by atoms with Crippen LogP contribution in [-0.2, 0) is 14.4 Å². The number of aliphatic hydroxyl groups is 1.